The highest BCUT2D eigenvalue weighted by Gasteiger charge is 2.40. The van der Waals surface area contributed by atoms with Crippen LogP contribution in [0.4, 0.5) is 17.6 Å². The molecule has 1 heterocycles. The standard InChI is InChI=1S/C14H10F4O4/c1-13(2)21-11(19)8(12(20)22-13)6-7-9(14(16,17)18)4-3-5-10(7)15/h3-6H,1-2H3. The molecule has 0 N–H and O–H groups in total. The molecule has 0 saturated carbocycles. The maximum atomic E-state index is 13.7. The molecule has 0 radical (unpaired) electrons. The van der Waals surface area contributed by atoms with Crippen molar-refractivity contribution in [1.82, 2.24) is 0 Å². The van der Waals surface area contributed by atoms with Gasteiger partial charge in [-0.15, -0.1) is 0 Å². The van der Waals surface area contributed by atoms with Crippen molar-refractivity contribution in [1.29, 1.82) is 0 Å². The number of carbonyl (C=O) groups excluding carboxylic acids is 2. The number of rotatable bonds is 1. The first kappa shape index (κ1) is 16.0. The molecule has 0 atom stereocenters. The molecule has 8 heteroatoms. The average molecular weight is 318 g/mol. The van der Waals surface area contributed by atoms with Crippen molar-refractivity contribution in [2.45, 2.75) is 25.8 Å². The second-order valence-electron chi connectivity index (χ2n) is 4.94. The van der Waals surface area contributed by atoms with Crippen molar-refractivity contribution >= 4 is 18.0 Å². The van der Waals surface area contributed by atoms with E-state index in [0.29, 0.717) is 12.1 Å². The molecule has 1 aliphatic rings. The molecule has 4 nitrogen and oxygen atoms in total. The Balaban J connectivity index is 2.55. The molecule has 118 valence electrons. The summed E-state index contributed by atoms with van der Waals surface area (Å²) in [6.45, 7) is 2.56. The van der Waals surface area contributed by atoms with Crippen LogP contribution in [0.1, 0.15) is 25.0 Å². The van der Waals surface area contributed by atoms with Crippen LogP contribution < -0.4 is 0 Å². The van der Waals surface area contributed by atoms with Crippen LogP contribution in [0.3, 0.4) is 0 Å². The van der Waals surface area contributed by atoms with Crippen molar-refractivity contribution in [3.8, 4) is 0 Å². The molecule has 0 unspecified atom stereocenters. The van der Waals surface area contributed by atoms with Gasteiger partial charge in [0.1, 0.15) is 11.4 Å². The van der Waals surface area contributed by atoms with E-state index in [0.717, 1.165) is 12.1 Å². The average Bonchev–Trinajstić information content (AvgIpc) is 2.32. The maximum Gasteiger partial charge on any atom is 0.417 e. The van der Waals surface area contributed by atoms with Gasteiger partial charge in [-0.3, -0.25) is 0 Å². The molecule has 1 aromatic rings. The zero-order valence-electron chi connectivity index (χ0n) is 11.5. The van der Waals surface area contributed by atoms with Gasteiger partial charge in [0.2, 0.25) is 0 Å². The van der Waals surface area contributed by atoms with Crippen LogP contribution in [-0.2, 0) is 25.2 Å². The van der Waals surface area contributed by atoms with Gasteiger partial charge in [-0.25, -0.2) is 14.0 Å². The third-order valence-corrected chi connectivity index (χ3v) is 2.76. The van der Waals surface area contributed by atoms with Gasteiger partial charge in [0.15, 0.2) is 0 Å². The zero-order chi connectivity index (χ0) is 16.7. The summed E-state index contributed by atoms with van der Waals surface area (Å²) in [5.41, 5.74) is -3.06. The fourth-order valence-electron chi connectivity index (χ4n) is 1.85. The van der Waals surface area contributed by atoms with Gasteiger partial charge >= 0.3 is 18.1 Å². The van der Waals surface area contributed by atoms with Crippen molar-refractivity contribution in [2.75, 3.05) is 0 Å². The summed E-state index contributed by atoms with van der Waals surface area (Å²) in [5, 5.41) is 0. The highest BCUT2D eigenvalue weighted by atomic mass is 19.4. The minimum Gasteiger partial charge on any atom is -0.419 e. The lowest BCUT2D eigenvalue weighted by Crippen LogP contribution is -2.41. The minimum atomic E-state index is -4.85. The fraction of sp³-hybridized carbons (Fsp3) is 0.286. The fourth-order valence-corrected chi connectivity index (χ4v) is 1.85. The molecule has 0 aliphatic carbocycles. The number of halogens is 4. The molecule has 0 spiro atoms. The minimum absolute atomic E-state index is 0.484. The maximum absolute atomic E-state index is 13.7. The summed E-state index contributed by atoms with van der Waals surface area (Å²) in [6.07, 6.45) is -4.37. The lowest BCUT2D eigenvalue weighted by Gasteiger charge is -2.29. The number of alkyl halides is 3. The SMILES string of the molecule is CC1(C)OC(=O)C(=Cc2c(F)cccc2C(F)(F)F)C(=O)O1. The number of esters is 2. The highest BCUT2D eigenvalue weighted by Crippen LogP contribution is 2.35. The van der Waals surface area contributed by atoms with E-state index in [-0.39, 0.29) is 0 Å². The van der Waals surface area contributed by atoms with Gasteiger partial charge in [-0.05, 0) is 18.2 Å². The Labute approximate surface area is 122 Å². The largest absolute Gasteiger partial charge is 0.419 e. The van der Waals surface area contributed by atoms with Crippen molar-refractivity contribution in [3.63, 3.8) is 0 Å². The summed E-state index contributed by atoms with van der Waals surface area (Å²) >= 11 is 0. The van der Waals surface area contributed by atoms with E-state index in [1.54, 1.807) is 0 Å². The predicted molar refractivity (Wildman–Crippen MR) is 65.6 cm³/mol. The lowest BCUT2D eigenvalue weighted by molar-refractivity contribution is -0.222. The van der Waals surface area contributed by atoms with Crippen LogP contribution in [0.5, 0.6) is 0 Å². The highest BCUT2D eigenvalue weighted by molar-refractivity contribution is 6.19. The van der Waals surface area contributed by atoms with E-state index in [4.69, 9.17) is 9.47 Å². The van der Waals surface area contributed by atoms with Gasteiger partial charge in [-0.1, -0.05) is 6.07 Å². The summed E-state index contributed by atoms with van der Waals surface area (Å²) in [7, 11) is 0. The normalized spacial score (nSPS) is 17.8. The van der Waals surface area contributed by atoms with Gasteiger partial charge in [0.25, 0.3) is 5.79 Å². The van der Waals surface area contributed by atoms with E-state index in [9.17, 15) is 27.2 Å². The Morgan fingerprint density at radius 1 is 1.09 bits per heavy atom. The Bertz CT molecular complexity index is 652. The number of benzene rings is 1. The molecular weight excluding hydrogens is 308 g/mol. The smallest absolute Gasteiger partial charge is 0.417 e. The van der Waals surface area contributed by atoms with Gasteiger partial charge in [-0.2, -0.15) is 13.2 Å². The summed E-state index contributed by atoms with van der Waals surface area (Å²) in [4.78, 5) is 23.4. The molecule has 1 fully saturated rings. The number of cyclic esters (lactones) is 2. The van der Waals surface area contributed by atoms with Gasteiger partial charge in [0, 0.05) is 19.4 Å². The van der Waals surface area contributed by atoms with Crippen LogP contribution in [0.25, 0.3) is 6.08 Å². The topological polar surface area (TPSA) is 52.6 Å². The second kappa shape index (κ2) is 5.11. The Hall–Kier alpha value is -2.38. The molecule has 0 amide bonds. The zero-order valence-corrected chi connectivity index (χ0v) is 11.5. The Morgan fingerprint density at radius 2 is 1.64 bits per heavy atom. The predicted octanol–water partition coefficient (Wildman–Crippen LogP) is 3.06. The van der Waals surface area contributed by atoms with E-state index in [1.807, 2.05) is 0 Å². The second-order valence-corrected chi connectivity index (χ2v) is 4.94. The molecule has 22 heavy (non-hydrogen) atoms. The molecule has 1 aliphatic heterocycles. The molecule has 1 saturated heterocycles. The summed E-state index contributed by atoms with van der Waals surface area (Å²) in [6, 6.07) is 2.30. The summed E-state index contributed by atoms with van der Waals surface area (Å²) < 4.78 is 61.8. The molecular formula is C14H10F4O4. The first-order chi connectivity index (χ1) is 10.0. The van der Waals surface area contributed by atoms with E-state index in [1.165, 1.54) is 13.8 Å². The molecule has 0 bridgehead atoms. The van der Waals surface area contributed by atoms with E-state index in [2.05, 4.69) is 0 Å². The number of hydrogen-bond acceptors (Lipinski definition) is 4. The quantitative estimate of drug-likeness (QED) is 0.346. The first-order valence-corrected chi connectivity index (χ1v) is 6.05. The Morgan fingerprint density at radius 3 is 2.14 bits per heavy atom. The van der Waals surface area contributed by atoms with E-state index >= 15 is 0 Å². The molecule has 1 aromatic carbocycles. The number of ether oxygens (including phenoxy) is 2. The van der Waals surface area contributed by atoms with Crippen molar-refractivity contribution in [3.05, 3.63) is 40.7 Å². The Kier molecular flexibility index (Phi) is 3.72. The van der Waals surface area contributed by atoms with Crippen LogP contribution in [0.2, 0.25) is 0 Å². The van der Waals surface area contributed by atoms with Gasteiger partial charge in [0.05, 0.1) is 5.56 Å². The van der Waals surface area contributed by atoms with Crippen LogP contribution in [0, 0.1) is 5.82 Å². The molecule has 2 rings (SSSR count). The molecule has 0 aromatic heterocycles. The lowest BCUT2D eigenvalue weighted by atomic mass is 10.0. The van der Waals surface area contributed by atoms with Crippen molar-refractivity contribution in [2.24, 2.45) is 0 Å². The van der Waals surface area contributed by atoms with Gasteiger partial charge < -0.3 is 9.47 Å². The third kappa shape index (κ3) is 3.10. The van der Waals surface area contributed by atoms with Crippen LogP contribution in [-0.4, -0.2) is 17.7 Å². The third-order valence-electron chi connectivity index (χ3n) is 2.76. The number of hydrogen-bond donors (Lipinski definition) is 0. The van der Waals surface area contributed by atoms with E-state index < -0.39 is 46.4 Å². The number of carbonyl (C=O) groups is 2. The monoisotopic (exact) mass is 318 g/mol. The first-order valence-electron chi connectivity index (χ1n) is 6.05. The summed E-state index contributed by atoms with van der Waals surface area (Å²) in [5.74, 6) is -5.13. The van der Waals surface area contributed by atoms with Crippen LogP contribution in [0.15, 0.2) is 23.8 Å². The van der Waals surface area contributed by atoms with Crippen molar-refractivity contribution < 1.29 is 36.6 Å². The van der Waals surface area contributed by atoms with Crippen LogP contribution >= 0.6 is 0 Å².